The Balaban J connectivity index is 1.62. The molecule has 6 nitrogen and oxygen atoms in total. The zero-order valence-electron chi connectivity index (χ0n) is 13.6. The lowest BCUT2D eigenvalue weighted by atomic mass is 9.93. The van der Waals surface area contributed by atoms with Gasteiger partial charge in [0.2, 0.25) is 5.28 Å². The van der Waals surface area contributed by atoms with Gasteiger partial charge in [0.25, 0.3) is 0 Å². The summed E-state index contributed by atoms with van der Waals surface area (Å²) in [7, 11) is 0. The van der Waals surface area contributed by atoms with E-state index in [1.165, 1.54) is 0 Å². The minimum absolute atomic E-state index is 0.287. The van der Waals surface area contributed by atoms with Crippen molar-refractivity contribution in [3.05, 3.63) is 17.5 Å². The molecule has 1 aromatic rings. The van der Waals surface area contributed by atoms with Gasteiger partial charge in [-0.05, 0) is 49.3 Å². The van der Waals surface area contributed by atoms with Crippen LogP contribution in [0.1, 0.15) is 39.0 Å². The largest absolute Gasteiger partial charge is 0.450 e. The molecule has 0 bridgehead atoms. The van der Waals surface area contributed by atoms with E-state index in [2.05, 4.69) is 27.1 Å². The maximum Gasteiger partial charge on any atom is 0.407 e. The number of rotatable bonds is 7. The summed E-state index contributed by atoms with van der Waals surface area (Å²) in [5, 5.41) is 3.11. The second-order valence-electron chi connectivity index (χ2n) is 5.82. The van der Waals surface area contributed by atoms with Crippen molar-refractivity contribution < 1.29 is 9.53 Å². The Morgan fingerprint density at radius 1 is 1.48 bits per heavy atom. The van der Waals surface area contributed by atoms with Crippen LogP contribution in [0.2, 0.25) is 5.28 Å². The smallest absolute Gasteiger partial charge is 0.407 e. The Morgan fingerprint density at radius 3 is 2.96 bits per heavy atom. The quantitative estimate of drug-likeness (QED) is 0.609. The maximum absolute atomic E-state index is 11.5. The van der Waals surface area contributed by atoms with E-state index < -0.39 is 0 Å². The fraction of sp³-hybridized carbons (Fsp3) is 0.688. The number of aromatic nitrogens is 2. The summed E-state index contributed by atoms with van der Waals surface area (Å²) >= 11 is 5.84. The van der Waals surface area contributed by atoms with Crippen LogP contribution in [0.25, 0.3) is 0 Å². The molecule has 1 amide bonds. The Kier molecular flexibility index (Phi) is 7.39. The summed E-state index contributed by atoms with van der Waals surface area (Å²) in [6, 6.07) is 1.89. The van der Waals surface area contributed by atoms with Crippen molar-refractivity contribution in [3.8, 4) is 0 Å². The van der Waals surface area contributed by atoms with E-state index in [1.807, 2.05) is 6.07 Å². The third-order valence-electron chi connectivity index (χ3n) is 4.10. The summed E-state index contributed by atoms with van der Waals surface area (Å²) in [4.78, 5) is 21.9. The average molecular weight is 341 g/mol. The summed E-state index contributed by atoms with van der Waals surface area (Å²) in [5.41, 5.74) is 0. The molecule has 7 heteroatoms. The lowest BCUT2D eigenvalue weighted by Crippen LogP contribution is -2.35. The summed E-state index contributed by atoms with van der Waals surface area (Å²) in [5.74, 6) is 1.51. The van der Waals surface area contributed by atoms with Crippen LogP contribution in [-0.2, 0) is 4.74 Å². The van der Waals surface area contributed by atoms with E-state index >= 15 is 0 Å². The molecule has 2 heterocycles. The van der Waals surface area contributed by atoms with Crippen molar-refractivity contribution in [1.82, 2.24) is 15.3 Å². The second kappa shape index (κ2) is 9.55. The molecule has 2 rings (SSSR count). The topological polar surface area (TPSA) is 67.3 Å². The van der Waals surface area contributed by atoms with Gasteiger partial charge in [-0.25, -0.2) is 14.8 Å². The van der Waals surface area contributed by atoms with Gasteiger partial charge < -0.3 is 15.0 Å². The standard InChI is InChI=1S/C16H25ClN4O2/c1-2-3-12-23-16(22)19-8-4-13-6-10-21(11-7-13)14-5-9-18-15(17)20-14/h5,9,13H,2-4,6-8,10-12H2,1H3,(H,19,22). The summed E-state index contributed by atoms with van der Waals surface area (Å²) in [6.45, 7) is 5.16. The molecule has 0 aromatic carbocycles. The number of amides is 1. The first-order chi connectivity index (χ1) is 11.2. The minimum atomic E-state index is -0.300. The fourth-order valence-corrected chi connectivity index (χ4v) is 2.83. The lowest BCUT2D eigenvalue weighted by Gasteiger charge is -2.32. The van der Waals surface area contributed by atoms with E-state index in [0.717, 1.165) is 51.0 Å². The first-order valence-corrected chi connectivity index (χ1v) is 8.71. The van der Waals surface area contributed by atoms with Crippen LogP contribution in [0.3, 0.4) is 0 Å². The molecule has 0 radical (unpaired) electrons. The third-order valence-corrected chi connectivity index (χ3v) is 4.29. The first kappa shape index (κ1) is 17.8. The second-order valence-corrected chi connectivity index (χ2v) is 6.16. The van der Waals surface area contributed by atoms with Crippen molar-refractivity contribution in [3.63, 3.8) is 0 Å². The molecule has 1 aliphatic heterocycles. The fourth-order valence-electron chi connectivity index (χ4n) is 2.69. The van der Waals surface area contributed by atoms with Gasteiger partial charge >= 0.3 is 6.09 Å². The number of alkyl carbamates (subject to hydrolysis) is 1. The van der Waals surface area contributed by atoms with Gasteiger partial charge in [0.05, 0.1) is 6.61 Å². The highest BCUT2D eigenvalue weighted by Gasteiger charge is 2.20. The van der Waals surface area contributed by atoms with Crippen molar-refractivity contribution in [2.75, 3.05) is 31.1 Å². The first-order valence-electron chi connectivity index (χ1n) is 8.33. The molecule has 1 aromatic heterocycles. The van der Waals surface area contributed by atoms with Crippen LogP contribution in [0, 0.1) is 5.92 Å². The Bertz CT molecular complexity index is 493. The van der Waals surface area contributed by atoms with Crippen LogP contribution in [-0.4, -0.2) is 42.3 Å². The Labute approximate surface area is 142 Å². The number of nitrogens with zero attached hydrogens (tertiary/aromatic N) is 3. The van der Waals surface area contributed by atoms with E-state index in [-0.39, 0.29) is 11.4 Å². The molecule has 128 valence electrons. The average Bonchev–Trinajstić information content (AvgIpc) is 2.56. The molecule has 0 spiro atoms. The van der Waals surface area contributed by atoms with Gasteiger partial charge in [-0.2, -0.15) is 0 Å². The number of ether oxygens (including phenoxy) is 1. The number of halogens is 1. The Morgan fingerprint density at radius 2 is 2.26 bits per heavy atom. The highest BCUT2D eigenvalue weighted by molar-refractivity contribution is 6.28. The number of hydrogen-bond donors (Lipinski definition) is 1. The van der Waals surface area contributed by atoms with E-state index in [9.17, 15) is 4.79 Å². The molecule has 1 aliphatic rings. The molecule has 1 fully saturated rings. The number of carbonyl (C=O) groups is 1. The number of hydrogen-bond acceptors (Lipinski definition) is 5. The van der Waals surface area contributed by atoms with Gasteiger partial charge in [0.15, 0.2) is 0 Å². The molecule has 0 atom stereocenters. The Hall–Kier alpha value is -1.56. The highest BCUT2D eigenvalue weighted by atomic mass is 35.5. The molecular weight excluding hydrogens is 316 g/mol. The van der Waals surface area contributed by atoms with Gasteiger partial charge in [-0.15, -0.1) is 0 Å². The van der Waals surface area contributed by atoms with Gasteiger partial charge in [-0.1, -0.05) is 13.3 Å². The van der Waals surface area contributed by atoms with Crippen LogP contribution in [0.4, 0.5) is 10.6 Å². The van der Waals surface area contributed by atoms with E-state index in [0.29, 0.717) is 19.1 Å². The molecule has 1 N–H and O–H groups in total. The van der Waals surface area contributed by atoms with Gasteiger partial charge in [-0.3, -0.25) is 0 Å². The van der Waals surface area contributed by atoms with E-state index in [4.69, 9.17) is 16.3 Å². The normalized spacial score (nSPS) is 15.5. The van der Waals surface area contributed by atoms with Crippen LogP contribution in [0.15, 0.2) is 12.3 Å². The molecule has 0 saturated carbocycles. The maximum atomic E-state index is 11.5. The van der Waals surface area contributed by atoms with Crippen molar-refractivity contribution >= 4 is 23.5 Å². The predicted octanol–water partition coefficient (Wildman–Crippen LogP) is 3.26. The molecule has 0 aliphatic carbocycles. The van der Waals surface area contributed by atoms with Gasteiger partial charge in [0.1, 0.15) is 5.82 Å². The zero-order valence-corrected chi connectivity index (χ0v) is 14.4. The molecular formula is C16H25ClN4O2. The van der Waals surface area contributed by atoms with E-state index in [1.54, 1.807) is 6.20 Å². The number of piperidine rings is 1. The SMILES string of the molecule is CCCCOC(=O)NCCC1CCN(c2ccnc(Cl)n2)CC1. The molecule has 1 saturated heterocycles. The number of anilines is 1. The van der Waals surface area contributed by atoms with Crippen LogP contribution >= 0.6 is 11.6 Å². The molecule has 23 heavy (non-hydrogen) atoms. The minimum Gasteiger partial charge on any atom is -0.450 e. The predicted molar refractivity (Wildman–Crippen MR) is 90.9 cm³/mol. The van der Waals surface area contributed by atoms with Crippen molar-refractivity contribution in [1.29, 1.82) is 0 Å². The lowest BCUT2D eigenvalue weighted by molar-refractivity contribution is 0.143. The van der Waals surface area contributed by atoms with Crippen LogP contribution < -0.4 is 10.2 Å². The highest BCUT2D eigenvalue weighted by Crippen LogP contribution is 2.24. The van der Waals surface area contributed by atoms with Gasteiger partial charge in [0, 0.05) is 25.8 Å². The number of carbonyl (C=O) groups excluding carboxylic acids is 1. The van der Waals surface area contributed by atoms with Crippen molar-refractivity contribution in [2.24, 2.45) is 5.92 Å². The van der Waals surface area contributed by atoms with Crippen LogP contribution in [0.5, 0.6) is 0 Å². The number of nitrogens with one attached hydrogen (secondary N) is 1. The van der Waals surface area contributed by atoms with Crippen molar-refractivity contribution in [2.45, 2.75) is 39.0 Å². The summed E-state index contributed by atoms with van der Waals surface area (Å²) in [6.07, 6.45) is 6.50. The number of unbranched alkanes of at least 4 members (excludes halogenated alkanes) is 1. The monoisotopic (exact) mass is 340 g/mol. The molecule has 0 unspecified atom stereocenters. The zero-order chi connectivity index (χ0) is 16.5. The third kappa shape index (κ3) is 6.22. The summed E-state index contributed by atoms with van der Waals surface area (Å²) < 4.78 is 5.07.